The van der Waals surface area contributed by atoms with E-state index < -0.39 is 15.0 Å². The molecule has 1 unspecified atom stereocenters. The molecule has 1 aromatic carbocycles. The van der Waals surface area contributed by atoms with Crippen LogP contribution >= 0.6 is 0 Å². The molecule has 6 nitrogen and oxygen atoms in total. The van der Waals surface area contributed by atoms with Gasteiger partial charge >= 0.3 is 5.97 Å². The number of methoxy groups -OCH3 is 1. The molecule has 2 aromatic rings. The van der Waals surface area contributed by atoms with Gasteiger partial charge < -0.3 is 14.9 Å². The quantitative estimate of drug-likeness (QED) is 0.636. The molecule has 0 spiro atoms. The predicted molar refractivity (Wildman–Crippen MR) is 105 cm³/mol. The molecule has 0 aliphatic rings. The molecule has 2 N–H and O–H groups in total. The van der Waals surface area contributed by atoms with Gasteiger partial charge in [0.15, 0.2) is 20.6 Å². The Kier molecular flexibility index (Phi) is 6.15. The van der Waals surface area contributed by atoms with E-state index in [0.29, 0.717) is 5.69 Å². The maximum atomic E-state index is 11.8. The summed E-state index contributed by atoms with van der Waals surface area (Å²) in [5.41, 5.74) is 8.22. The van der Waals surface area contributed by atoms with E-state index in [2.05, 4.69) is 49.9 Å². The molecule has 140 valence electrons. The van der Waals surface area contributed by atoms with Crippen molar-refractivity contribution in [2.24, 2.45) is 5.41 Å². The minimum atomic E-state index is -1.23. The average Bonchev–Trinajstić information content (AvgIpc) is 2.58. The summed E-state index contributed by atoms with van der Waals surface area (Å²) in [5, 5.41) is 0. The van der Waals surface area contributed by atoms with E-state index >= 15 is 0 Å². The normalized spacial score (nSPS) is 12.9. The Bertz CT molecular complexity index is 788. The second kappa shape index (κ2) is 7.97. The van der Waals surface area contributed by atoms with E-state index in [9.17, 15) is 4.79 Å². The first kappa shape index (κ1) is 20.1. The molecule has 0 aliphatic carbocycles. The van der Waals surface area contributed by atoms with Crippen molar-refractivity contribution >= 4 is 20.8 Å². The van der Waals surface area contributed by atoms with Gasteiger partial charge in [-0.1, -0.05) is 39.0 Å². The monoisotopic (exact) mass is 373 g/mol. The summed E-state index contributed by atoms with van der Waals surface area (Å²) < 4.78 is 11.0. The van der Waals surface area contributed by atoms with Crippen molar-refractivity contribution in [3.8, 4) is 11.3 Å². The van der Waals surface area contributed by atoms with Gasteiger partial charge in [0, 0.05) is 5.56 Å². The van der Waals surface area contributed by atoms with E-state index in [1.807, 2.05) is 18.2 Å². The van der Waals surface area contributed by atoms with Gasteiger partial charge in [-0.2, -0.15) is 0 Å². The molecule has 0 amide bonds. The molecular weight excluding hydrogens is 346 g/mol. The third kappa shape index (κ3) is 4.67. The molecule has 0 bridgehead atoms. The van der Waals surface area contributed by atoms with Crippen LogP contribution < -0.4 is 5.73 Å². The number of nitrogens with two attached hydrogens (primary N) is 1. The highest BCUT2D eigenvalue weighted by molar-refractivity contribution is 6.48. The smallest absolute Gasteiger partial charge is 0.360 e. The molecule has 0 saturated carbocycles. The van der Waals surface area contributed by atoms with Crippen molar-refractivity contribution < 1.29 is 14.0 Å². The second-order valence-electron chi connectivity index (χ2n) is 7.54. The first-order valence-electron chi connectivity index (χ1n) is 8.60. The first-order chi connectivity index (χ1) is 12.1. The van der Waals surface area contributed by atoms with Gasteiger partial charge in [0.25, 0.3) is 0 Å². The zero-order valence-electron chi connectivity index (χ0n) is 16.2. The summed E-state index contributed by atoms with van der Waals surface area (Å²) >= 11 is 0. The van der Waals surface area contributed by atoms with Crippen molar-refractivity contribution in [2.75, 3.05) is 12.8 Å². The third-order valence-corrected chi connectivity index (χ3v) is 4.68. The summed E-state index contributed by atoms with van der Waals surface area (Å²) in [6, 6.07) is 7.98. The summed E-state index contributed by atoms with van der Waals surface area (Å²) in [5.74, 6) is -0.548. The number of hydrogen-bond donors (Lipinski definition) is 1. The lowest BCUT2D eigenvalue weighted by Crippen LogP contribution is -2.25. The minimum Gasteiger partial charge on any atom is -0.464 e. The van der Waals surface area contributed by atoms with Crippen molar-refractivity contribution in [1.82, 2.24) is 9.97 Å². The number of rotatable bonds is 5. The van der Waals surface area contributed by atoms with E-state index in [0.717, 1.165) is 11.1 Å². The number of ether oxygens (including phenoxy) is 1. The number of carbonyl (C=O) groups excluding carboxylic acids is 1. The summed E-state index contributed by atoms with van der Waals surface area (Å²) in [7, 11) is 0.0636. The SMILES string of the molecule is COC(=O)c1nc(-c2cccc(C(O[SiH](C)C)C(C)(C)C)c2)cnc1N. The maximum Gasteiger partial charge on any atom is 0.360 e. The zero-order valence-corrected chi connectivity index (χ0v) is 17.4. The van der Waals surface area contributed by atoms with Crippen LogP contribution in [-0.4, -0.2) is 32.1 Å². The summed E-state index contributed by atoms with van der Waals surface area (Å²) in [6.45, 7) is 10.8. The highest BCUT2D eigenvalue weighted by Crippen LogP contribution is 2.37. The van der Waals surface area contributed by atoms with Gasteiger partial charge in [0.2, 0.25) is 0 Å². The second-order valence-corrected chi connectivity index (χ2v) is 9.91. The fourth-order valence-electron chi connectivity index (χ4n) is 2.70. The Labute approximate surface area is 156 Å². The Balaban J connectivity index is 2.47. The average molecular weight is 374 g/mol. The predicted octanol–water partition coefficient (Wildman–Crippen LogP) is 3.60. The van der Waals surface area contributed by atoms with Gasteiger partial charge in [-0.3, -0.25) is 0 Å². The molecule has 0 aliphatic heterocycles. The Morgan fingerprint density at radius 3 is 2.54 bits per heavy atom. The molecule has 0 fully saturated rings. The molecule has 2 rings (SSSR count). The third-order valence-electron chi connectivity index (χ3n) is 3.86. The van der Waals surface area contributed by atoms with Crippen molar-refractivity contribution in [3.05, 3.63) is 41.7 Å². The van der Waals surface area contributed by atoms with Crippen LogP contribution in [0.4, 0.5) is 5.82 Å². The van der Waals surface area contributed by atoms with Crippen molar-refractivity contribution in [3.63, 3.8) is 0 Å². The lowest BCUT2D eigenvalue weighted by atomic mass is 9.84. The first-order valence-corrected chi connectivity index (χ1v) is 11.4. The van der Waals surface area contributed by atoms with Crippen LogP contribution in [0.5, 0.6) is 0 Å². The van der Waals surface area contributed by atoms with Gasteiger partial charge in [0.05, 0.1) is 25.1 Å². The number of carbonyl (C=O) groups is 1. The summed E-state index contributed by atoms with van der Waals surface area (Å²) in [4.78, 5) is 20.3. The number of nitrogen functional groups attached to an aromatic ring is 1. The number of nitrogens with zero attached hydrogens (tertiary/aromatic N) is 2. The zero-order chi connectivity index (χ0) is 19.5. The lowest BCUT2D eigenvalue weighted by Gasteiger charge is -2.33. The molecule has 1 heterocycles. The fraction of sp³-hybridized carbons (Fsp3) is 0.421. The molecule has 1 aromatic heterocycles. The standard InChI is InChI=1S/C19H27N3O3Si/c1-19(2,3)16(25-26(5)6)13-9-7-8-12(10-13)14-11-21-17(20)15(22-14)18(23)24-4/h7-11,16,26H,1-6H3,(H2,20,21). The van der Waals surface area contributed by atoms with Crippen LogP contribution in [-0.2, 0) is 9.16 Å². The molecule has 7 heteroatoms. The molecule has 1 atom stereocenters. The van der Waals surface area contributed by atoms with E-state index in [-0.39, 0.29) is 23.0 Å². The van der Waals surface area contributed by atoms with E-state index in [1.54, 1.807) is 6.20 Å². The van der Waals surface area contributed by atoms with Gasteiger partial charge in [-0.05, 0) is 30.1 Å². The molecule has 0 radical (unpaired) electrons. The van der Waals surface area contributed by atoms with Crippen LogP contribution in [0, 0.1) is 5.41 Å². The Morgan fingerprint density at radius 1 is 1.27 bits per heavy atom. The number of hydrogen-bond acceptors (Lipinski definition) is 6. The van der Waals surface area contributed by atoms with Crippen LogP contribution in [0.15, 0.2) is 30.5 Å². The van der Waals surface area contributed by atoms with Gasteiger partial charge in [0.1, 0.15) is 0 Å². The molecular formula is C19H27N3O3Si. The Morgan fingerprint density at radius 2 is 1.96 bits per heavy atom. The van der Waals surface area contributed by atoms with Crippen LogP contribution in [0.1, 0.15) is 42.9 Å². The van der Waals surface area contributed by atoms with Crippen molar-refractivity contribution in [2.45, 2.75) is 40.0 Å². The molecule has 0 saturated heterocycles. The summed E-state index contributed by atoms with van der Waals surface area (Å²) in [6.07, 6.45) is 1.54. The van der Waals surface area contributed by atoms with Gasteiger partial charge in [-0.15, -0.1) is 0 Å². The van der Waals surface area contributed by atoms with E-state index in [4.69, 9.17) is 14.9 Å². The van der Waals surface area contributed by atoms with Gasteiger partial charge in [-0.25, -0.2) is 14.8 Å². The Hall–Kier alpha value is -2.25. The maximum absolute atomic E-state index is 11.8. The van der Waals surface area contributed by atoms with Crippen molar-refractivity contribution in [1.29, 1.82) is 0 Å². The fourth-order valence-corrected chi connectivity index (χ4v) is 3.81. The number of aromatic nitrogens is 2. The highest BCUT2D eigenvalue weighted by atomic mass is 28.3. The number of anilines is 1. The topological polar surface area (TPSA) is 87.3 Å². The lowest BCUT2D eigenvalue weighted by molar-refractivity contribution is 0.0595. The minimum absolute atomic E-state index is 0.0177. The number of benzene rings is 1. The van der Waals surface area contributed by atoms with Crippen LogP contribution in [0.25, 0.3) is 11.3 Å². The molecule has 26 heavy (non-hydrogen) atoms. The van der Waals surface area contributed by atoms with E-state index in [1.165, 1.54) is 7.11 Å². The number of esters is 1. The largest absolute Gasteiger partial charge is 0.464 e. The highest BCUT2D eigenvalue weighted by Gasteiger charge is 2.28. The van der Waals surface area contributed by atoms with Crippen LogP contribution in [0.3, 0.4) is 0 Å². The van der Waals surface area contributed by atoms with Crippen LogP contribution in [0.2, 0.25) is 13.1 Å².